The van der Waals surface area contributed by atoms with Crippen molar-refractivity contribution in [3.63, 3.8) is 0 Å². The molecule has 2 aromatic heterocycles. The molecule has 31 heavy (non-hydrogen) atoms. The first-order valence-electron chi connectivity index (χ1n) is 9.73. The maximum absolute atomic E-state index is 13.5. The summed E-state index contributed by atoms with van der Waals surface area (Å²) in [6.45, 7) is 0.474. The Morgan fingerprint density at radius 1 is 1.13 bits per heavy atom. The van der Waals surface area contributed by atoms with Crippen molar-refractivity contribution in [2.45, 2.75) is 31.5 Å². The van der Waals surface area contributed by atoms with Gasteiger partial charge in [-0.2, -0.15) is 13.2 Å². The van der Waals surface area contributed by atoms with Crippen LogP contribution < -0.4 is 4.90 Å². The number of hydrogen-bond donors (Lipinski definition) is 0. The Hall–Kier alpha value is -3.36. The first kappa shape index (κ1) is 20.9. The third-order valence-corrected chi connectivity index (χ3v) is 5.18. The summed E-state index contributed by atoms with van der Waals surface area (Å²) < 4.78 is 53.6. The van der Waals surface area contributed by atoms with Gasteiger partial charge in [-0.15, -0.1) is 0 Å². The van der Waals surface area contributed by atoms with E-state index in [-0.39, 0.29) is 29.9 Å². The van der Waals surface area contributed by atoms with Gasteiger partial charge in [0.2, 0.25) is 0 Å². The van der Waals surface area contributed by atoms with Crippen LogP contribution in [0.2, 0.25) is 0 Å². The van der Waals surface area contributed by atoms with Crippen molar-refractivity contribution in [3.8, 4) is 11.4 Å². The molecule has 1 aliphatic heterocycles. The molecule has 4 rings (SSSR count). The Labute approximate surface area is 175 Å². The van der Waals surface area contributed by atoms with E-state index in [9.17, 15) is 22.4 Å². The Morgan fingerprint density at radius 2 is 1.90 bits per heavy atom. The number of carbonyl (C=O) groups is 1. The van der Waals surface area contributed by atoms with Crippen LogP contribution in [0.3, 0.4) is 0 Å². The lowest BCUT2D eigenvalue weighted by Gasteiger charge is -2.26. The van der Waals surface area contributed by atoms with E-state index in [1.165, 1.54) is 36.7 Å². The summed E-state index contributed by atoms with van der Waals surface area (Å²) in [5, 5.41) is 0. The van der Waals surface area contributed by atoms with Crippen LogP contribution >= 0.6 is 0 Å². The molecule has 0 aliphatic carbocycles. The Kier molecular flexibility index (Phi) is 5.67. The van der Waals surface area contributed by atoms with Gasteiger partial charge >= 0.3 is 6.18 Å². The van der Waals surface area contributed by atoms with E-state index in [0.717, 1.165) is 12.5 Å². The lowest BCUT2D eigenvalue weighted by Crippen LogP contribution is -2.32. The van der Waals surface area contributed by atoms with Gasteiger partial charge in [-0.3, -0.25) is 9.78 Å². The second-order valence-corrected chi connectivity index (χ2v) is 7.30. The van der Waals surface area contributed by atoms with Crippen molar-refractivity contribution < 1.29 is 22.4 Å². The molecule has 160 valence electrons. The summed E-state index contributed by atoms with van der Waals surface area (Å²) in [7, 11) is 0. The number of Topliss-reactive ketones (excluding diaryl/α,β-unsaturated/α-hetero) is 1. The van der Waals surface area contributed by atoms with Gasteiger partial charge in [0, 0.05) is 48.6 Å². The van der Waals surface area contributed by atoms with Crippen LogP contribution in [-0.2, 0) is 6.18 Å². The minimum atomic E-state index is -4.65. The highest BCUT2D eigenvalue weighted by molar-refractivity contribution is 5.96. The predicted octanol–water partition coefficient (Wildman–Crippen LogP) is 4.94. The van der Waals surface area contributed by atoms with Gasteiger partial charge in [-0.05, 0) is 49.2 Å². The van der Waals surface area contributed by atoms with Crippen LogP contribution in [0.25, 0.3) is 11.4 Å². The molecule has 1 atom stereocenters. The Bertz CT molecular complexity index is 1070. The van der Waals surface area contributed by atoms with Crippen molar-refractivity contribution in [1.82, 2.24) is 15.0 Å². The van der Waals surface area contributed by atoms with Gasteiger partial charge in [0.15, 0.2) is 17.3 Å². The molecule has 5 nitrogen and oxygen atoms in total. The smallest absolute Gasteiger partial charge is 0.353 e. The average molecular weight is 430 g/mol. The second-order valence-electron chi connectivity index (χ2n) is 7.30. The topological polar surface area (TPSA) is 59.0 Å². The summed E-state index contributed by atoms with van der Waals surface area (Å²) in [5.74, 6) is -0.596. The first-order chi connectivity index (χ1) is 14.8. The van der Waals surface area contributed by atoms with E-state index < -0.39 is 17.7 Å². The highest BCUT2D eigenvalue weighted by Gasteiger charge is 2.36. The molecule has 9 heteroatoms. The van der Waals surface area contributed by atoms with E-state index in [1.54, 1.807) is 17.0 Å². The minimum Gasteiger partial charge on any atom is -0.353 e. The fourth-order valence-electron chi connectivity index (χ4n) is 3.67. The number of hydrogen-bond acceptors (Lipinski definition) is 5. The molecule has 1 fully saturated rings. The molecule has 0 radical (unpaired) electrons. The molecule has 0 saturated carbocycles. The van der Waals surface area contributed by atoms with Crippen LogP contribution in [0.1, 0.15) is 35.3 Å². The number of anilines is 1. The van der Waals surface area contributed by atoms with Crippen LogP contribution in [0, 0.1) is 5.82 Å². The summed E-state index contributed by atoms with van der Waals surface area (Å²) >= 11 is 0. The lowest BCUT2D eigenvalue weighted by atomic mass is 10.0. The third kappa shape index (κ3) is 4.70. The number of carbonyl (C=O) groups excluding carboxylic acids is 1. The normalized spacial score (nSPS) is 16.5. The number of ketones is 1. The van der Waals surface area contributed by atoms with Gasteiger partial charge < -0.3 is 4.90 Å². The van der Waals surface area contributed by atoms with E-state index in [0.29, 0.717) is 24.1 Å². The van der Waals surface area contributed by atoms with Crippen LogP contribution in [0.5, 0.6) is 0 Å². The zero-order chi connectivity index (χ0) is 22.0. The molecule has 1 aromatic carbocycles. The van der Waals surface area contributed by atoms with Crippen LogP contribution in [0.4, 0.5) is 23.4 Å². The van der Waals surface area contributed by atoms with Crippen LogP contribution in [0.15, 0.2) is 54.9 Å². The summed E-state index contributed by atoms with van der Waals surface area (Å²) in [5.41, 5.74) is -0.317. The van der Waals surface area contributed by atoms with E-state index in [2.05, 4.69) is 15.0 Å². The Balaban J connectivity index is 1.65. The largest absolute Gasteiger partial charge is 0.433 e. The van der Waals surface area contributed by atoms with Crippen molar-refractivity contribution in [3.05, 3.63) is 71.9 Å². The number of alkyl halides is 3. The number of rotatable bonds is 5. The Morgan fingerprint density at radius 3 is 2.58 bits per heavy atom. The summed E-state index contributed by atoms with van der Waals surface area (Å²) in [6, 6.07) is 9.02. The average Bonchev–Trinajstić information content (AvgIpc) is 3.22. The third-order valence-electron chi connectivity index (χ3n) is 5.18. The molecule has 3 heterocycles. The van der Waals surface area contributed by atoms with Crippen molar-refractivity contribution >= 4 is 11.6 Å². The van der Waals surface area contributed by atoms with E-state index >= 15 is 0 Å². The van der Waals surface area contributed by atoms with Crippen molar-refractivity contribution in [1.29, 1.82) is 0 Å². The number of benzene rings is 1. The number of halogens is 4. The standard InChI is InChI=1S/C22H18F4N4O/c23-16-7-5-14(6-8-16)18(31)11-17-4-2-10-30(17)20-12-19(22(24,25)26)28-21(29-20)15-3-1-9-27-13-15/h1,3,5-9,12-13,17H,2,4,10-11H2/t17-/m1/s1. The zero-order valence-electron chi connectivity index (χ0n) is 16.3. The van der Waals surface area contributed by atoms with E-state index in [1.807, 2.05) is 0 Å². The molecule has 0 spiro atoms. The number of aromatic nitrogens is 3. The zero-order valence-corrected chi connectivity index (χ0v) is 16.3. The second kappa shape index (κ2) is 8.41. The molecule has 1 aliphatic rings. The molecule has 0 unspecified atom stereocenters. The highest BCUT2D eigenvalue weighted by atomic mass is 19.4. The van der Waals surface area contributed by atoms with Gasteiger partial charge in [-0.1, -0.05) is 0 Å². The quantitative estimate of drug-likeness (QED) is 0.424. The fraction of sp³-hybridized carbons (Fsp3) is 0.273. The summed E-state index contributed by atoms with van der Waals surface area (Å²) in [6.07, 6.45) is -0.281. The predicted molar refractivity (Wildman–Crippen MR) is 106 cm³/mol. The molecular weight excluding hydrogens is 412 g/mol. The maximum atomic E-state index is 13.5. The molecule has 3 aromatic rings. The molecule has 0 bridgehead atoms. The van der Waals surface area contributed by atoms with Crippen molar-refractivity contribution in [2.24, 2.45) is 0 Å². The summed E-state index contributed by atoms with van der Waals surface area (Å²) in [4.78, 5) is 26.3. The molecule has 0 N–H and O–H groups in total. The van der Waals surface area contributed by atoms with Gasteiger partial charge in [0.05, 0.1) is 0 Å². The first-order valence-corrected chi connectivity index (χ1v) is 9.73. The number of pyridine rings is 1. The highest BCUT2D eigenvalue weighted by Crippen LogP contribution is 2.34. The minimum absolute atomic E-state index is 0.0755. The number of nitrogens with zero attached hydrogens (tertiary/aromatic N) is 4. The SMILES string of the molecule is O=C(C[C@H]1CCCN1c1cc(C(F)(F)F)nc(-c2cccnc2)n1)c1ccc(F)cc1. The van der Waals surface area contributed by atoms with Crippen molar-refractivity contribution in [2.75, 3.05) is 11.4 Å². The van der Waals surface area contributed by atoms with Gasteiger partial charge in [0.25, 0.3) is 0 Å². The molecular formula is C22H18F4N4O. The van der Waals surface area contributed by atoms with Gasteiger partial charge in [0.1, 0.15) is 11.6 Å². The molecule has 0 amide bonds. The monoisotopic (exact) mass is 430 g/mol. The fourth-order valence-corrected chi connectivity index (χ4v) is 3.67. The lowest BCUT2D eigenvalue weighted by molar-refractivity contribution is -0.141. The van der Waals surface area contributed by atoms with Crippen LogP contribution in [-0.4, -0.2) is 33.3 Å². The van der Waals surface area contributed by atoms with E-state index in [4.69, 9.17) is 0 Å². The maximum Gasteiger partial charge on any atom is 0.433 e. The van der Waals surface area contributed by atoms with Gasteiger partial charge in [-0.25, -0.2) is 14.4 Å². The molecule has 1 saturated heterocycles.